The Balaban J connectivity index is 1.65. The van der Waals surface area contributed by atoms with E-state index in [-0.39, 0.29) is 18.8 Å². The fourth-order valence-electron chi connectivity index (χ4n) is 4.95. The molecule has 9 heteroatoms. The molecule has 7 nitrogen and oxygen atoms in total. The lowest BCUT2D eigenvalue weighted by Gasteiger charge is -2.24. The van der Waals surface area contributed by atoms with Crippen LogP contribution in [0.5, 0.6) is 5.75 Å². The van der Waals surface area contributed by atoms with Gasteiger partial charge < -0.3 is 9.47 Å². The minimum atomic E-state index is -0.704. The largest absolute Gasteiger partial charge is 0.478 e. The molecule has 1 atom stereocenters. The van der Waals surface area contributed by atoms with E-state index in [1.54, 1.807) is 17.6 Å². The number of carbonyl (C=O) groups excluding carboxylic acids is 1. The maximum absolute atomic E-state index is 14.2. The van der Waals surface area contributed by atoms with Gasteiger partial charge in [-0.25, -0.2) is 9.79 Å². The van der Waals surface area contributed by atoms with Crippen LogP contribution in [0, 0.1) is 11.3 Å². The lowest BCUT2D eigenvalue weighted by atomic mass is 9.97. The van der Waals surface area contributed by atoms with Crippen LogP contribution in [-0.4, -0.2) is 23.8 Å². The summed E-state index contributed by atoms with van der Waals surface area (Å²) in [5.74, 6) is -0.00731. The molecule has 6 rings (SSSR count). The highest BCUT2D eigenvalue weighted by Crippen LogP contribution is 2.37. The number of hydrogen-bond donors (Lipinski definition) is 0. The Kier molecular flexibility index (Phi) is 7.33. The fourth-order valence-corrected chi connectivity index (χ4v) is 6.75. The van der Waals surface area contributed by atoms with Gasteiger partial charge >= 0.3 is 5.97 Å². The molecule has 0 aliphatic carbocycles. The number of rotatable bonds is 7. The zero-order chi connectivity index (χ0) is 28.3. The second kappa shape index (κ2) is 11.4. The predicted octanol–water partition coefficient (Wildman–Crippen LogP) is 5.05. The Morgan fingerprint density at radius 2 is 1.88 bits per heavy atom. The first-order valence-electron chi connectivity index (χ1n) is 12.9. The third-order valence-electron chi connectivity index (χ3n) is 6.68. The molecule has 2 aromatic heterocycles. The Morgan fingerprint density at radius 1 is 1.07 bits per heavy atom. The molecule has 1 aliphatic heterocycles. The van der Waals surface area contributed by atoms with E-state index in [4.69, 9.17) is 19.7 Å². The number of thiophene rings is 1. The summed E-state index contributed by atoms with van der Waals surface area (Å²) in [5, 5.41) is 12.9. The maximum Gasteiger partial charge on any atom is 0.338 e. The molecule has 1 aliphatic rings. The first-order chi connectivity index (χ1) is 20.1. The maximum atomic E-state index is 14.2. The molecule has 0 radical (unpaired) electrons. The zero-order valence-electron chi connectivity index (χ0n) is 21.9. The second-order valence-corrected chi connectivity index (χ2v) is 11.1. The summed E-state index contributed by atoms with van der Waals surface area (Å²) in [6, 6.07) is 26.1. The topological polar surface area (TPSA) is 93.7 Å². The summed E-state index contributed by atoms with van der Waals surface area (Å²) in [6.07, 6.45) is 1.79. The van der Waals surface area contributed by atoms with Gasteiger partial charge in [-0.3, -0.25) is 9.36 Å². The summed E-state index contributed by atoms with van der Waals surface area (Å²) in [5.41, 5.74) is 1.99. The number of ether oxygens (including phenoxy) is 2. The van der Waals surface area contributed by atoms with E-state index in [1.807, 2.05) is 90.3 Å². The van der Waals surface area contributed by atoms with Crippen LogP contribution in [0.4, 0.5) is 0 Å². The fraction of sp³-hybridized carbons (Fsp3) is 0.125. The molecule has 0 saturated heterocycles. The van der Waals surface area contributed by atoms with Crippen molar-refractivity contribution in [3.05, 3.63) is 126 Å². The van der Waals surface area contributed by atoms with Gasteiger partial charge in [0.1, 0.15) is 17.9 Å². The van der Waals surface area contributed by atoms with Crippen molar-refractivity contribution in [2.45, 2.75) is 13.0 Å². The van der Waals surface area contributed by atoms with Crippen molar-refractivity contribution in [1.29, 1.82) is 5.26 Å². The van der Waals surface area contributed by atoms with Crippen molar-refractivity contribution in [3.8, 4) is 11.8 Å². The summed E-state index contributed by atoms with van der Waals surface area (Å²) in [7, 11) is 0. The smallest absolute Gasteiger partial charge is 0.338 e. The van der Waals surface area contributed by atoms with Gasteiger partial charge in [-0.2, -0.15) is 5.26 Å². The molecule has 5 aromatic rings. The Hall–Kier alpha value is -4.78. The minimum Gasteiger partial charge on any atom is -0.478 e. The minimum absolute atomic E-state index is 0.123. The number of benzene rings is 3. The second-order valence-electron chi connectivity index (χ2n) is 9.09. The van der Waals surface area contributed by atoms with Gasteiger partial charge in [0.25, 0.3) is 5.56 Å². The molecular formula is C32H23N3O4S2. The molecule has 0 fully saturated rings. The molecule has 0 bridgehead atoms. The van der Waals surface area contributed by atoms with Gasteiger partial charge in [0.05, 0.1) is 22.4 Å². The Morgan fingerprint density at radius 3 is 2.63 bits per heavy atom. The van der Waals surface area contributed by atoms with Gasteiger partial charge in [-0.15, -0.1) is 11.3 Å². The highest BCUT2D eigenvalue weighted by molar-refractivity contribution is 7.10. The van der Waals surface area contributed by atoms with Gasteiger partial charge in [-0.1, -0.05) is 78.1 Å². The third kappa shape index (κ3) is 4.88. The quantitative estimate of drug-likeness (QED) is 0.252. The van der Waals surface area contributed by atoms with E-state index in [2.05, 4.69) is 0 Å². The molecule has 3 heterocycles. The average Bonchev–Trinajstić information content (AvgIpc) is 3.65. The number of esters is 1. The number of fused-ring (bicyclic) bond motifs is 2. The molecule has 0 saturated carbocycles. The Labute approximate surface area is 243 Å². The van der Waals surface area contributed by atoms with Crippen molar-refractivity contribution in [2.75, 3.05) is 13.2 Å². The van der Waals surface area contributed by atoms with Crippen molar-refractivity contribution in [2.24, 2.45) is 4.99 Å². The SMILES string of the molecule is CCOC(=O)C1=C(c2ccccc2)N=c2s/c(=C\c3c(OCC#N)ccc4ccccc34)c(=O)n2[C@@H]1c1cccs1. The van der Waals surface area contributed by atoms with Crippen molar-refractivity contribution >= 4 is 51.2 Å². The molecule has 0 N–H and O–H groups in total. The predicted molar refractivity (Wildman–Crippen MR) is 160 cm³/mol. The average molecular weight is 578 g/mol. The molecule has 41 heavy (non-hydrogen) atoms. The van der Waals surface area contributed by atoms with Crippen molar-refractivity contribution in [1.82, 2.24) is 4.57 Å². The zero-order valence-corrected chi connectivity index (χ0v) is 23.6. The highest BCUT2D eigenvalue weighted by Gasteiger charge is 2.35. The van der Waals surface area contributed by atoms with E-state index in [0.717, 1.165) is 21.2 Å². The number of carbonyl (C=O) groups is 1. The van der Waals surface area contributed by atoms with E-state index in [9.17, 15) is 9.59 Å². The van der Waals surface area contributed by atoms with Crippen LogP contribution in [0.2, 0.25) is 0 Å². The van der Waals surface area contributed by atoms with Crippen molar-refractivity contribution < 1.29 is 14.3 Å². The lowest BCUT2D eigenvalue weighted by Crippen LogP contribution is -2.39. The molecular weight excluding hydrogens is 555 g/mol. The van der Waals surface area contributed by atoms with Crippen LogP contribution in [-0.2, 0) is 9.53 Å². The van der Waals surface area contributed by atoms with Crippen LogP contribution in [0.1, 0.15) is 29.0 Å². The third-order valence-corrected chi connectivity index (χ3v) is 8.59. The van der Waals surface area contributed by atoms with E-state index >= 15 is 0 Å². The number of hydrogen-bond acceptors (Lipinski definition) is 8. The number of nitriles is 1. The molecule has 0 amide bonds. The van der Waals surface area contributed by atoms with Crippen molar-refractivity contribution in [3.63, 3.8) is 0 Å². The normalized spacial score (nSPS) is 14.8. The Bertz CT molecular complexity index is 2020. The summed E-state index contributed by atoms with van der Waals surface area (Å²) in [6.45, 7) is 1.83. The van der Waals surface area contributed by atoms with Crippen LogP contribution in [0.3, 0.4) is 0 Å². The van der Waals surface area contributed by atoms with Gasteiger partial charge in [0.15, 0.2) is 11.4 Å². The van der Waals surface area contributed by atoms with Gasteiger partial charge in [-0.05, 0) is 41.3 Å². The van der Waals surface area contributed by atoms with Crippen LogP contribution >= 0.6 is 22.7 Å². The first-order valence-corrected chi connectivity index (χ1v) is 14.6. The number of nitrogens with zero attached hydrogens (tertiary/aromatic N) is 3. The number of aromatic nitrogens is 1. The van der Waals surface area contributed by atoms with Gasteiger partial charge in [0.2, 0.25) is 0 Å². The van der Waals surface area contributed by atoms with Crippen LogP contribution in [0.25, 0.3) is 22.5 Å². The number of thiazole rings is 1. The standard InChI is InChI=1S/C32H23N3O4S2/c1-2-38-31(37)27-28(21-10-4-3-5-11-21)34-32-35(29(27)25-13-8-18-40-25)30(36)26(41-32)19-23-22-12-7-6-9-20(22)14-15-24(23)39-17-16-33/h3-15,18-19,29H,2,17H2,1H3/b26-19-/t29-/m1/s1. The summed E-state index contributed by atoms with van der Waals surface area (Å²) < 4.78 is 13.3. The molecule has 0 spiro atoms. The van der Waals surface area contributed by atoms with E-state index in [1.165, 1.54) is 22.7 Å². The molecule has 0 unspecified atom stereocenters. The van der Waals surface area contributed by atoms with Crippen LogP contribution in [0.15, 0.2) is 99.6 Å². The highest BCUT2D eigenvalue weighted by atomic mass is 32.1. The van der Waals surface area contributed by atoms with E-state index in [0.29, 0.717) is 31.9 Å². The van der Waals surface area contributed by atoms with E-state index < -0.39 is 12.0 Å². The lowest BCUT2D eigenvalue weighted by molar-refractivity contribution is -0.138. The first kappa shape index (κ1) is 26.4. The van der Waals surface area contributed by atoms with Crippen LogP contribution < -0.4 is 19.6 Å². The molecule has 3 aromatic carbocycles. The summed E-state index contributed by atoms with van der Waals surface area (Å²) >= 11 is 2.72. The summed E-state index contributed by atoms with van der Waals surface area (Å²) in [4.78, 5) is 33.9. The monoisotopic (exact) mass is 577 g/mol. The molecule has 202 valence electrons. The van der Waals surface area contributed by atoms with Gasteiger partial charge in [0, 0.05) is 16.0 Å².